The number of aliphatic hydroxyl groups is 2. The molecule has 0 spiro atoms. The Hall–Kier alpha value is -0.850. The second kappa shape index (κ2) is 16.2. The monoisotopic (exact) mass is 678 g/mol. The van der Waals surface area contributed by atoms with Crippen molar-refractivity contribution in [3.05, 3.63) is 0 Å². The fraction of sp³-hybridized carbons (Fsp3) is 0.974. The highest BCUT2D eigenvalue weighted by atomic mass is 16.7. The van der Waals surface area contributed by atoms with Crippen molar-refractivity contribution in [3.8, 4) is 0 Å². The highest BCUT2D eigenvalue weighted by molar-refractivity contribution is 5.82. The summed E-state index contributed by atoms with van der Waals surface area (Å²) in [5, 5.41) is 30.3. The second-order valence-corrected chi connectivity index (χ2v) is 17.8. The van der Waals surface area contributed by atoms with Crippen LogP contribution in [0.1, 0.15) is 79.1 Å². The number of hydrogen-bond donors (Lipinski definition) is 4. The zero-order chi connectivity index (χ0) is 34.9. The maximum absolute atomic E-state index is 14.2. The summed E-state index contributed by atoms with van der Waals surface area (Å²) in [5.41, 5.74) is 0.341. The molecule has 0 aromatic rings. The summed E-state index contributed by atoms with van der Waals surface area (Å²) in [6.45, 7) is 12.2. The fourth-order valence-electron chi connectivity index (χ4n) is 11.1. The minimum absolute atomic E-state index is 0.0696. The van der Waals surface area contributed by atoms with Crippen LogP contribution in [-0.4, -0.2) is 136 Å². The molecule has 4 N–H and O–H groups in total. The lowest BCUT2D eigenvalue weighted by molar-refractivity contribution is -0.193. The maximum Gasteiger partial charge on any atom is 0.240 e. The van der Waals surface area contributed by atoms with Crippen molar-refractivity contribution in [2.24, 2.45) is 52.8 Å². The molecular formula is C38H71N5O5. The predicted octanol–water partition coefficient (Wildman–Crippen LogP) is 3.08. The van der Waals surface area contributed by atoms with Gasteiger partial charge in [0, 0.05) is 50.7 Å². The zero-order valence-corrected chi connectivity index (χ0v) is 31.7. The van der Waals surface area contributed by atoms with Crippen LogP contribution >= 0.6 is 0 Å². The highest BCUT2D eigenvalue weighted by Gasteiger charge is 2.58. The molecule has 0 aromatic carbocycles. The molecule has 1 heterocycles. The van der Waals surface area contributed by atoms with E-state index in [1.54, 1.807) is 6.92 Å². The van der Waals surface area contributed by atoms with Crippen molar-refractivity contribution in [1.82, 2.24) is 25.5 Å². The van der Waals surface area contributed by atoms with Gasteiger partial charge in [-0.05, 0) is 128 Å². The quantitative estimate of drug-likeness (QED) is 0.206. The van der Waals surface area contributed by atoms with E-state index >= 15 is 0 Å². The average Bonchev–Trinajstić information content (AvgIpc) is 3.42. The molecule has 6 aliphatic rings. The number of nitrogens with one attached hydrogen (secondary N) is 2. The minimum atomic E-state index is -0.787. The predicted molar refractivity (Wildman–Crippen MR) is 190 cm³/mol. The number of carbonyl (C=O) groups excluding carboxylic acids is 1. The van der Waals surface area contributed by atoms with Gasteiger partial charge < -0.3 is 35.4 Å². The molecule has 2 bridgehead atoms. The van der Waals surface area contributed by atoms with Crippen molar-refractivity contribution >= 4 is 5.91 Å². The van der Waals surface area contributed by atoms with Gasteiger partial charge in [-0.3, -0.25) is 9.63 Å². The molecule has 48 heavy (non-hydrogen) atoms. The van der Waals surface area contributed by atoms with E-state index in [0.29, 0.717) is 53.5 Å². The van der Waals surface area contributed by atoms with Crippen LogP contribution in [0, 0.1) is 52.8 Å². The van der Waals surface area contributed by atoms with Gasteiger partial charge in [0.05, 0.1) is 18.8 Å². The largest absolute Gasteiger partial charge is 0.394 e. The Kier molecular flexibility index (Phi) is 13.0. The van der Waals surface area contributed by atoms with Gasteiger partial charge in [-0.1, -0.05) is 27.2 Å². The first-order chi connectivity index (χ1) is 22.8. The van der Waals surface area contributed by atoms with Crippen molar-refractivity contribution in [1.29, 1.82) is 0 Å². The van der Waals surface area contributed by atoms with Gasteiger partial charge in [-0.15, -0.1) is 0 Å². The second-order valence-electron chi connectivity index (χ2n) is 17.8. The van der Waals surface area contributed by atoms with Crippen LogP contribution in [0.5, 0.6) is 0 Å². The lowest BCUT2D eigenvalue weighted by Crippen LogP contribution is -2.62. The summed E-state index contributed by atoms with van der Waals surface area (Å²) in [4.78, 5) is 25.3. The summed E-state index contributed by atoms with van der Waals surface area (Å²) < 4.78 is 6.41. The molecule has 14 atom stereocenters. The van der Waals surface area contributed by atoms with Crippen LogP contribution in [0.2, 0.25) is 0 Å². The Labute approximate surface area is 292 Å². The van der Waals surface area contributed by atoms with E-state index in [-0.39, 0.29) is 30.6 Å². The van der Waals surface area contributed by atoms with E-state index in [0.717, 1.165) is 38.9 Å². The SMILES string of the molecule is COC1C(CN2O[C@@H](CO)[C@H]([C@H](C)O)[C@H]2C(=O)N[C@H]2C[C@H]3C[C@@H]([C@@H]2C)C3(C)C)CCCC1C1CC(CNCCN(C)C)CC(N(C)C)C1. The average molecular weight is 678 g/mol. The first-order valence-electron chi connectivity index (χ1n) is 19.3. The number of amides is 1. The van der Waals surface area contributed by atoms with E-state index in [1.165, 1.54) is 32.1 Å². The summed E-state index contributed by atoms with van der Waals surface area (Å²) in [5.74, 6) is 2.98. The molecule has 10 nitrogen and oxygen atoms in total. The fourth-order valence-corrected chi connectivity index (χ4v) is 11.1. The van der Waals surface area contributed by atoms with Crippen LogP contribution in [-0.2, 0) is 14.4 Å². The van der Waals surface area contributed by atoms with Crippen molar-refractivity contribution in [2.45, 2.75) is 115 Å². The molecule has 6 rings (SSSR count). The van der Waals surface area contributed by atoms with E-state index in [9.17, 15) is 15.0 Å². The molecule has 1 saturated heterocycles. The van der Waals surface area contributed by atoms with Crippen molar-refractivity contribution in [3.63, 3.8) is 0 Å². The summed E-state index contributed by atoms with van der Waals surface area (Å²) in [7, 11) is 10.6. The Morgan fingerprint density at radius 1 is 1.10 bits per heavy atom. The molecule has 5 aliphatic carbocycles. The number of fused-ring (bicyclic) bond motifs is 2. The minimum Gasteiger partial charge on any atom is -0.394 e. The molecule has 6 fully saturated rings. The highest BCUT2D eigenvalue weighted by Crippen LogP contribution is 2.61. The van der Waals surface area contributed by atoms with Gasteiger partial charge in [-0.25, -0.2) is 0 Å². The van der Waals surface area contributed by atoms with Gasteiger partial charge in [0.1, 0.15) is 12.1 Å². The number of ether oxygens (including phenoxy) is 1. The summed E-state index contributed by atoms with van der Waals surface area (Å²) in [6, 6.07) is 0.0445. The molecular weight excluding hydrogens is 606 g/mol. The number of aliphatic hydroxyl groups excluding tert-OH is 2. The maximum atomic E-state index is 14.2. The number of carbonyl (C=O) groups is 1. The Morgan fingerprint density at radius 2 is 1.85 bits per heavy atom. The van der Waals surface area contributed by atoms with Gasteiger partial charge in [0.2, 0.25) is 5.91 Å². The lowest BCUT2D eigenvalue weighted by atomic mass is 9.45. The Bertz CT molecular complexity index is 1040. The molecule has 0 aromatic heterocycles. The standard InChI is InChI=1S/C38H71N5O5/c1-23-31-18-28(38(31,3)4)19-32(23)40-37(46)35-34(24(2)45)33(22-44)48-43(35)21-26-11-10-12-30(36(26)47-9)27-15-25(16-29(17-27)42(7)8)20-39-13-14-41(5)6/h23-36,39,44-45H,10-22H2,1-9H3,(H,40,46)/t23-,24-,25?,26?,27?,28+,29?,30?,31-,32-,33-,34-,35-,36?/m0/s1. The topological polar surface area (TPSA) is 110 Å². The molecule has 278 valence electrons. The van der Waals surface area contributed by atoms with Crippen LogP contribution in [0.4, 0.5) is 0 Å². The summed E-state index contributed by atoms with van der Waals surface area (Å²) >= 11 is 0. The number of rotatable bonds is 14. The molecule has 6 unspecified atom stereocenters. The third-order valence-corrected chi connectivity index (χ3v) is 14.1. The smallest absolute Gasteiger partial charge is 0.240 e. The van der Waals surface area contributed by atoms with Crippen LogP contribution in [0.25, 0.3) is 0 Å². The zero-order valence-electron chi connectivity index (χ0n) is 31.7. The van der Waals surface area contributed by atoms with Crippen molar-refractivity contribution in [2.75, 3.05) is 68.1 Å². The van der Waals surface area contributed by atoms with Crippen LogP contribution in [0.15, 0.2) is 0 Å². The van der Waals surface area contributed by atoms with E-state index < -0.39 is 24.2 Å². The number of likely N-dealkylation sites (N-methyl/N-ethyl adjacent to an activating group) is 1. The summed E-state index contributed by atoms with van der Waals surface area (Å²) in [6.07, 6.45) is 7.89. The number of hydrogen-bond acceptors (Lipinski definition) is 9. The molecule has 10 heteroatoms. The number of hydroxylamine groups is 2. The number of methoxy groups -OCH3 is 1. The molecule has 5 saturated carbocycles. The number of nitrogens with zero attached hydrogens (tertiary/aromatic N) is 3. The van der Waals surface area contributed by atoms with Gasteiger partial charge >= 0.3 is 0 Å². The first-order valence-corrected chi connectivity index (χ1v) is 19.3. The van der Waals surface area contributed by atoms with E-state index in [1.807, 2.05) is 12.2 Å². The van der Waals surface area contributed by atoms with Crippen LogP contribution in [0.3, 0.4) is 0 Å². The third kappa shape index (κ3) is 8.11. The van der Waals surface area contributed by atoms with E-state index in [4.69, 9.17) is 9.57 Å². The molecule has 0 radical (unpaired) electrons. The van der Waals surface area contributed by atoms with E-state index in [2.05, 4.69) is 69.4 Å². The Balaban J connectivity index is 1.29. The van der Waals surface area contributed by atoms with Gasteiger partial charge in [-0.2, -0.15) is 5.06 Å². The normalized spacial score (nSPS) is 42.1. The van der Waals surface area contributed by atoms with Gasteiger partial charge in [0.15, 0.2) is 0 Å². The Morgan fingerprint density at radius 3 is 2.46 bits per heavy atom. The lowest BCUT2D eigenvalue weighted by Gasteiger charge is -2.62. The molecule has 1 aliphatic heterocycles. The first kappa shape index (κ1) is 38.4. The molecule has 1 amide bonds. The van der Waals surface area contributed by atoms with Gasteiger partial charge in [0.25, 0.3) is 0 Å². The van der Waals surface area contributed by atoms with Crippen molar-refractivity contribution < 1.29 is 24.6 Å². The van der Waals surface area contributed by atoms with Crippen LogP contribution < -0.4 is 10.6 Å². The third-order valence-electron chi connectivity index (χ3n) is 14.1.